The largest absolute Gasteiger partial charge is 0.460 e. The van der Waals surface area contributed by atoms with Crippen LogP contribution in [0.1, 0.15) is 52.0 Å². The number of benzene rings is 1. The molecule has 1 heterocycles. The Morgan fingerprint density at radius 2 is 1.74 bits per heavy atom. The van der Waals surface area contributed by atoms with Crippen LogP contribution in [0.2, 0.25) is 0 Å². The van der Waals surface area contributed by atoms with Crippen LogP contribution in [0.15, 0.2) is 30.3 Å². The quantitative estimate of drug-likeness (QED) is 0.490. The Balaban J connectivity index is 2.33. The lowest BCUT2D eigenvalue weighted by Gasteiger charge is -2.26. The number of carbonyl (C=O) groups excluding carboxylic acids is 4. The maximum atomic E-state index is 13.0. The topological polar surface area (TPSA) is 123 Å². The third kappa shape index (κ3) is 8.44. The van der Waals surface area contributed by atoms with Gasteiger partial charge >= 0.3 is 5.97 Å². The second-order valence-electron chi connectivity index (χ2n) is 8.86. The van der Waals surface area contributed by atoms with Crippen LogP contribution in [0.25, 0.3) is 0 Å². The molecule has 0 unspecified atom stereocenters. The molecule has 0 bridgehead atoms. The lowest BCUT2D eigenvalue weighted by atomic mass is 9.95. The highest BCUT2D eigenvalue weighted by Gasteiger charge is 2.33. The number of hydrogen-bond acceptors (Lipinski definition) is 6. The first-order valence-electron chi connectivity index (χ1n) is 11.9. The van der Waals surface area contributed by atoms with Crippen LogP contribution in [0.4, 0.5) is 0 Å². The molecule has 0 spiro atoms. The number of rotatable bonds is 8. The minimum Gasteiger partial charge on any atom is -0.460 e. The van der Waals surface area contributed by atoms with Crippen molar-refractivity contribution >= 4 is 23.7 Å². The van der Waals surface area contributed by atoms with E-state index < -0.39 is 47.9 Å². The molecule has 2 rings (SSSR count). The Bertz CT molecular complexity index is 831. The summed E-state index contributed by atoms with van der Waals surface area (Å²) in [4.78, 5) is 51.6. The molecule has 1 fully saturated rings. The predicted molar refractivity (Wildman–Crippen MR) is 127 cm³/mol. The Morgan fingerprint density at radius 1 is 1.03 bits per heavy atom. The Hall–Kier alpha value is -2.94. The maximum absolute atomic E-state index is 13.0. The summed E-state index contributed by atoms with van der Waals surface area (Å²) in [5, 5.41) is 8.02. The van der Waals surface area contributed by atoms with Crippen molar-refractivity contribution in [2.45, 2.75) is 77.1 Å². The van der Waals surface area contributed by atoms with E-state index in [2.05, 4.69) is 22.9 Å². The second-order valence-corrected chi connectivity index (χ2v) is 8.86. The molecule has 34 heavy (non-hydrogen) atoms. The lowest BCUT2D eigenvalue weighted by Crippen LogP contribution is -2.55. The number of amides is 3. The van der Waals surface area contributed by atoms with Crippen LogP contribution < -0.4 is 16.0 Å². The minimum absolute atomic E-state index is 0.0843. The van der Waals surface area contributed by atoms with E-state index in [0.29, 0.717) is 0 Å². The summed E-state index contributed by atoms with van der Waals surface area (Å²) in [7, 11) is 1.41. The van der Waals surface area contributed by atoms with Gasteiger partial charge in [-0.3, -0.25) is 14.4 Å². The van der Waals surface area contributed by atoms with Gasteiger partial charge in [0.15, 0.2) is 6.04 Å². The normalized spacial score (nSPS) is 25.5. The average molecular weight is 476 g/mol. The van der Waals surface area contributed by atoms with Gasteiger partial charge in [-0.05, 0) is 24.8 Å². The van der Waals surface area contributed by atoms with Crippen molar-refractivity contribution in [3.05, 3.63) is 35.9 Å². The van der Waals surface area contributed by atoms with Crippen LogP contribution in [-0.2, 0) is 35.1 Å². The van der Waals surface area contributed by atoms with Gasteiger partial charge in [0.25, 0.3) is 0 Å². The van der Waals surface area contributed by atoms with Crippen molar-refractivity contribution in [2.75, 3.05) is 13.7 Å². The molecule has 0 radical (unpaired) electrons. The number of nitrogens with one attached hydrogen (secondary N) is 3. The molecule has 3 amide bonds. The maximum Gasteiger partial charge on any atom is 0.331 e. The third-order valence-electron chi connectivity index (χ3n) is 5.92. The molecule has 5 atom stereocenters. The van der Waals surface area contributed by atoms with E-state index in [1.54, 1.807) is 0 Å². The zero-order valence-corrected chi connectivity index (χ0v) is 20.5. The Labute approximate surface area is 201 Å². The van der Waals surface area contributed by atoms with Gasteiger partial charge < -0.3 is 25.4 Å². The molecule has 1 aliphatic rings. The monoisotopic (exact) mass is 475 g/mol. The zero-order valence-electron chi connectivity index (χ0n) is 20.5. The summed E-state index contributed by atoms with van der Waals surface area (Å²) in [6.45, 7) is 5.41. The molecule has 1 aromatic carbocycles. The molecule has 1 aliphatic heterocycles. The van der Waals surface area contributed by atoms with Crippen LogP contribution >= 0.6 is 0 Å². The van der Waals surface area contributed by atoms with Gasteiger partial charge in [-0.2, -0.15) is 0 Å². The van der Waals surface area contributed by atoms with Crippen molar-refractivity contribution in [1.82, 2.24) is 16.0 Å². The summed E-state index contributed by atoms with van der Waals surface area (Å²) in [5.74, 6) is -2.18. The number of hydrogen-bond donors (Lipinski definition) is 3. The summed E-state index contributed by atoms with van der Waals surface area (Å²) < 4.78 is 10.8. The van der Waals surface area contributed by atoms with Crippen molar-refractivity contribution in [1.29, 1.82) is 0 Å². The van der Waals surface area contributed by atoms with Crippen molar-refractivity contribution in [3.8, 4) is 0 Å². The standard InChI is InChI=1S/C25H37N3O6/c1-5-6-10-16(2)21-14-22(29)27-19(13-18-11-8-7-9-12-18)24(31)26-17(3)23(30)28-20(15-33-4)25(32)34-21/h7-9,11-12,16-17,19-21H,5-6,10,13-15H2,1-4H3,(H,26,31)(H,27,29)(H,28,30)/t16-,17-,19-,20-,21-/m0/s1. The number of unbranched alkanes of at least 4 members (excludes halogenated alkanes) is 1. The summed E-state index contributed by atoms with van der Waals surface area (Å²) in [5.41, 5.74) is 0.865. The SMILES string of the molecule is CCCC[C@H](C)[C@@H]1CC(=O)N[C@@H](Cc2ccccc2)C(=O)N[C@@H](C)C(=O)N[C@@H](COC)C(=O)O1. The molecule has 1 aromatic rings. The van der Waals surface area contributed by atoms with Crippen molar-refractivity contribution in [2.24, 2.45) is 5.92 Å². The first kappa shape index (κ1) is 27.3. The molecule has 1 saturated heterocycles. The van der Waals surface area contributed by atoms with Gasteiger partial charge in [0.2, 0.25) is 17.7 Å². The van der Waals surface area contributed by atoms with Crippen molar-refractivity contribution in [3.63, 3.8) is 0 Å². The number of esters is 1. The fourth-order valence-corrected chi connectivity index (χ4v) is 3.81. The van der Waals surface area contributed by atoms with Gasteiger partial charge in [0.1, 0.15) is 18.2 Å². The van der Waals surface area contributed by atoms with E-state index in [1.807, 2.05) is 37.3 Å². The predicted octanol–water partition coefficient (Wildman–Crippen LogP) is 1.49. The fraction of sp³-hybridized carbons (Fsp3) is 0.600. The zero-order chi connectivity index (χ0) is 25.1. The number of ether oxygens (including phenoxy) is 2. The lowest BCUT2D eigenvalue weighted by molar-refractivity contribution is -0.158. The molecule has 0 saturated carbocycles. The van der Waals surface area contributed by atoms with E-state index in [9.17, 15) is 19.2 Å². The highest BCUT2D eigenvalue weighted by Crippen LogP contribution is 2.20. The summed E-state index contributed by atoms with van der Waals surface area (Å²) >= 11 is 0. The molecule has 3 N–H and O–H groups in total. The number of carbonyl (C=O) groups is 4. The fourth-order valence-electron chi connectivity index (χ4n) is 3.81. The van der Waals surface area contributed by atoms with E-state index in [1.165, 1.54) is 14.0 Å². The molecule has 188 valence electrons. The van der Waals surface area contributed by atoms with Crippen molar-refractivity contribution < 1.29 is 28.7 Å². The highest BCUT2D eigenvalue weighted by atomic mass is 16.5. The van der Waals surface area contributed by atoms with Crippen LogP contribution in [0.5, 0.6) is 0 Å². The second kappa shape index (κ2) is 13.7. The molecule has 9 nitrogen and oxygen atoms in total. The van der Waals surface area contributed by atoms with Crippen LogP contribution in [0.3, 0.4) is 0 Å². The minimum atomic E-state index is -1.05. The van der Waals surface area contributed by atoms with E-state index >= 15 is 0 Å². The first-order chi connectivity index (χ1) is 16.2. The van der Waals surface area contributed by atoms with Gasteiger partial charge in [0.05, 0.1) is 13.0 Å². The Morgan fingerprint density at radius 3 is 2.38 bits per heavy atom. The van der Waals surface area contributed by atoms with E-state index in [-0.39, 0.29) is 25.4 Å². The number of cyclic esters (lactones) is 1. The smallest absolute Gasteiger partial charge is 0.331 e. The van der Waals surface area contributed by atoms with Gasteiger partial charge in [0, 0.05) is 13.5 Å². The summed E-state index contributed by atoms with van der Waals surface area (Å²) in [6.07, 6.45) is 2.14. The van der Waals surface area contributed by atoms with Gasteiger partial charge in [-0.1, -0.05) is 57.0 Å². The van der Waals surface area contributed by atoms with E-state index in [0.717, 1.165) is 24.8 Å². The molecular weight excluding hydrogens is 438 g/mol. The van der Waals surface area contributed by atoms with Crippen LogP contribution in [0, 0.1) is 5.92 Å². The third-order valence-corrected chi connectivity index (χ3v) is 5.92. The first-order valence-corrected chi connectivity index (χ1v) is 11.9. The van der Waals surface area contributed by atoms with Crippen LogP contribution in [-0.4, -0.2) is 61.6 Å². The molecule has 0 aliphatic carbocycles. The molecular formula is C25H37N3O6. The molecule has 0 aromatic heterocycles. The number of methoxy groups -OCH3 is 1. The average Bonchev–Trinajstić information content (AvgIpc) is 2.81. The summed E-state index contributed by atoms with van der Waals surface area (Å²) in [6, 6.07) is 6.43. The van der Waals surface area contributed by atoms with Gasteiger partial charge in [-0.25, -0.2) is 4.79 Å². The highest BCUT2D eigenvalue weighted by molar-refractivity contribution is 5.94. The van der Waals surface area contributed by atoms with E-state index in [4.69, 9.17) is 9.47 Å². The van der Waals surface area contributed by atoms with Gasteiger partial charge in [-0.15, -0.1) is 0 Å². The Kier molecular flexibility index (Phi) is 11.0. The molecule has 9 heteroatoms.